The number of hydrogen-bond donors (Lipinski definition) is 0. The van der Waals surface area contributed by atoms with Crippen LogP contribution in [0.5, 0.6) is 0 Å². The first-order valence-corrected chi connectivity index (χ1v) is 38.7. The van der Waals surface area contributed by atoms with Crippen molar-refractivity contribution in [3.8, 4) is 33.4 Å². The molecule has 3 aliphatic rings. The fourth-order valence-corrected chi connectivity index (χ4v) is 16.2. The molecule has 7 aromatic carbocycles. The van der Waals surface area contributed by atoms with E-state index in [0.717, 1.165) is 59.3 Å². The zero-order valence-corrected chi connectivity index (χ0v) is 59.6. The van der Waals surface area contributed by atoms with Gasteiger partial charge in [-0.3, -0.25) is 14.4 Å². The van der Waals surface area contributed by atoms with Crippen molar-refractivity contribution in [2.45, 2.75) is 256 Å². The molecule has 0 aromatic heterocycles. The van der Waals surface area contributed by atoms with Gasteiger partial charge in [0.2, 0.25) is 0 Å². The first kappa shape index (κ1) is 72.7. The summed E-state index contributed by atoms with van der Waals surface area (Å²) in [4.78, 5) is 41.3. The average Bonchev–Trinajstić information content (AvgIpc) is 1.03. The number of ether oxygens (including phenoxy) is 3. The van der Waals surface area contributed by atoms with Crippen LogP contribution in [0.1, 0.15) is 270 Å². The number of esters is 3. The molecule has 0 unspecified atom stereocenters. The van der Waals surface area contributed by atoms with Gasteiger partial charge in [-0.05, 0) is 223 Å². The lowest BCUT2D eigenvalue weighted by atomic mass is 9.77. The van der Waals surface area contributed by atoms with E-state index in [2.05, 4.69) is 166 Å². The van der Waals surface area contributed by atoms with Crippen molar-refractivity contribution in [2.75, 3.05) is 19.8 Å². The van der Waals surface area contributed by atoms with Gasteiger partial charge in [-0.2, -0.15) is 0 Å². The van der Waals surface area contributed by atoms with Crippen molar-refractivity contribution in [2.24, 2.45) is 17.8 Å². The van der Waals surface area contributed by atoms with Crippen molar-refractivity contribution in [1.29, 1.82) is 0 Å². The lowest BCUT2D eigenvalue weighted by molar-refractivity contribution is -0.156. The van der Waals surface area contributed by atoms with E-state index in [1.165, 1.54) is 204 Å². The number of benzene rings is 7. The minimum Gasteiger partial charge on any atom is -0.464 e. The molecular formula is C91H116O6. The highest BCUT2D eigenvalue weighted by molar-refractivity contribution is 5.72. The number of carbonyl (C=O) groups excluding carboxylic acids is 3. The van der Waals surface area contributed by atoms with Crippen LogP contribution in [0.25, 0.3) is 33.4 Å². The molecule has 0 spiro atoms. The average molecular weight is 1310 g/mol. The minimum absolute atomic E-state index is 0.116. The van der Waals surface area contributed by atoms with Gasteiger partial charge in [0.25, 0.3) is 0 Å². The lowest BCUT2D eigenvalue weighted by Gasteiger charge is -2.33. The molecule has 6 nitrogen and oxygen atoms in total. The van der Waals surface area contributed by atoms with Gasteiger partial charge >= 0.3 is 17.9 Å². The van der Waals surface area contributed by atoms with Crippen LogP contribution in [0.4, 0.5) is 0 Å². The number of aryl methyl sites for hydroxylation is 3. The summed E-state index contributed by atoms with van der Waals surface area (Å²) in [6.45, 7) is 6.53. The topological polar surface area (TPSA) is 78.9 Å². The molecule has 0 atom stereocenters. The molecule has 3 aliphatic carbocycles. The predicted octanol–water partition coefficient (Wildman–Crippen LogP) is 24.2. The molecule has 6 heteroatoms. The van der Waals surface area contributed by atoms with Crippen molar-refractivity contribution >= 4 is 17.9 Å². The highest BCUT2D eigenvalue weighted by atomic mass is 16.6. The maximum Gasteiger partial charge on any atom is 0.305 e. The molecule has 516 valence electrons. The zero-order chi connectivity index (χ0) is 67.3. The molecule has 0 heterocycles. The summed E-state index contributed by atoms with van der Waals surface area (Å²) in [5.74, 6) is 3.71. The summed E-state index contributed by atoms with van der Waals surface area (Å²) in [7, 11) is 0. The summed E-state index contributed by atoms with van der Waals surface area (Å²) in [6, 6.07) is 63.5. The van der Waals surface area contributed by atoms with E-state index < -0.39 is 5.41 Å². The maximum absolute atomic E-state index is 13.8. The third-order valence-electron chi connectivity index (χ3n) is 22.6. The first-order valence-electron chi connectivity index (χ1n) is 38.7. The molecule has 3 saturated carbocycles. The maximum atomic E-state index is 13.8. The van der Waals surface area contributed by atoms with Crippen LogP contribution in [-0.2, 0) is 53.3 Å². The van der Waals surface area contributed by atoms with Gasteiger partial charge in [-0.15, -0.1) is 0 Å². The third kappa shape index (κ3) is 22.7. The normalized spacial score (nSPS) is 18.9. The van der Waals surface area contributed by atoms with Crippen molar-refractivity contribution in [1.82, 2.24) is 0 Å². The largest absolute Gasteiger partial charge is 0.464 e. The first-order chi connectivity index (χ1) is 47.6. The molecule has 0 bridgehead atoms. The standard InChI is InChI=1S/C91H116O6/c1-4-7-11-19-69-30-42-75(43-31-69)81-54-60-84(61-55-81)78-48-36-72(37-49-78)22-16-27-88(92)95-66-91(87-25-14-10-15-26-87,67-96-89(93)28-17-23-73-38-50-79(51-39-73)85-62-56-82(57-63-85)76-44-32-70(33-45-76)20-12-8-5-2)68-97-90(94)29-18-24-74-40-52-80(53-41-74)86-64-58-83(59-65-86)77-46-34-71(35-47-77)21-13-9-6-3/h10,14-15,25-26,36-41,48-65,69-71,75-77H,4-9,11-13,16-24,27-35,42-47,66-68H2,1-3H3/t69-,70-,71-,75-,76-,77-. The van der Waals surface area contributed by atoms with Crippen molar-refractivity contribution in [3.63, 3.8) is 0 Å². The van der Waals surface area contributed by atoms with E-state index in [-0.39, 0.29) is 57.0 Å². The van der Waals surface area contributed by atoms with Gasteiger partial charge in [-0.1, -0.05) is 274 Å². The van der Waals surface area contributed by atoms with E-state index in [1.54, 1.807) is 0 Å². The van der Waals surface area contributed by atoms with E-state index in [4.69, 9.17) is 14.2 Å². The Morgan fingerprint density at radius 1 is 0.309 bits per heavy atom. The third-order valence-corrected chi connectivity index (χ3v) is 22.6. The Labute approximate surface area is 584 Å². The number of carbonyl (C=O) groups is 3. The van der Waals surface area contributed by atoms with Crippen LogP contribution in [-0.4, -0.2) is 37.7 Å². The SMILES string of the molecule is CCCCC[C@H]1CC[C@H](c2ccc(-c3ccc(CCCC(=O)OCC(COC(=O)CCCc4ccc(-c5ccc([C@H]6CC[C@H](CCCCC)CC6)cc5)cc4)(COC(=O)CCCc4ccc(-c5ccc([C@H]6CC[C@H](CCCCC)CC6)cc5)cc4)c4ccccc4)cc3)cc2)CC1. The molecule has 0 amide bonds. The second-order valence-electron chi connectivity index (χ2n) is 29.8. The predicted molar refractivity (Wildman–Crippen MR) is 402 cm³/mol. The van der Waals surface area contributed by atoms with Gasteiger partial charge in [0.15, 0.2) is 0 Å². The zero-order valence-electron chi connectivity index (χ0n) is 59.6. The van der Waals surface area contributed by atoms with Crippen LogP contribution in [0.3, 0.4) is 0 Å². The van der Waals surface area contributed by atoms with Gasteiger partial charge in [-0.25, -0.2) is 0 Å². The molecular weight excluding hydrogens is 1190 g/mol. The Hall–Kier alpha value is -7.05. The van der Waals surface area contributed by atoms with Crippen molar-refractivity contribution in [3.05, 3.63) is 215 Å². The van der Waals surface area contributed by atoms with Gasteiger partial charge < -0.3 is 14.2 Å². The highest BCUT2D eigenvalue weighted by Crippen LogP contribution is 2.42. The molecule has 3 fully saturated rings. The Bertz CT molecular complexity index is 3050. The van der Waals surface area contributed by atoms with E-state index >= 15 is 0 Å². The quantitative estimate of drug-likeness (QED) is 0.0219. The number of hydrogen-bond acceptors (Lipinski definition) is 6. The fourth-order valence-electron chi connectivity index (χ4n) is 16.2. The van der Waals surface area contributed by atoms with Crippen molar-refractivity contribution < 1.29 is 28.6 Å². The number of unbranched alkanes of at least 4 members (excludes halogenated alkanes) is 6. The van der Waals surface area contributed by atoms with Crippen LogP contribution < -0.4 is 0 Å². The minimum atomic E-state index is -1.13. The second-order valence-corrected chi connectivity index (χ2v) is 29.8. The van der Waals surface area contributed by atoms with Gasteiger partial charge in [0.1, 0.15) is 19.8 Å². The second kappa shape index (κ2) is 38.9. The van der Waals surface area contributed by atoms with Gasteiger partial charge in [0, 0.05) is 19.3 Å². The molecule has 0 N–H and O–H groups in total. The molecule has 0 aliphatic heterocycles. The monoisotopic (exact) mass is 1300 g/mol. The highest BCUT2D eigenvalue weighted by Gasteiger charge is 2.38. The number of rotatable bonds is 37. The van der Waals surface area contributed by atoms with Crippen LogP contribution in [0.15, 0.2) is 176 Å². The molecule has 97 heavy (non-hydrogen) atoms. The Kier molecular flexibility index (Phi) is 29.2. The summed E-state index contributed by atoms with van der Waals surface area (Å²) < 4.78 is 18.5. The summed E-state index contributed by atoms with van der Waals surface area (Å²) in [6.07, 6.45) is 37.0. The lowest BCUT2D eigenvalue weighted by Crippen LogP contribution is -2.43. The molecule has 0 radical (unpaired) electrons. The smallest absolute Gasteiger partial charge is 0.305 e. The fraction of sp³-hybridized carbons (Fsp3) is 0.505. The van der Waals surface area contributed by atoms with E-state index in [1.807, 2.05) is 30.3 Å². The van der Waals surface area contributed by atoms with Crippen LogP contribution >= 0.6 is 0 Å². The van der Waals surface area contributed by atoms with Gasteiger partial charge in [0.05, 0.1) is 5.41 Å². The summed E-state index contributed by atoms with van der Waals surface area (Å²) >= 11 is 0. The Balaban J connectivity index is 0.714. The summed E-state index contributed by atoms with van der Waals surface area (Å²) in [5, 5.41) is 0. The Morgan fingerprint density at radius 3 is 0.825 bits per heavy atom. The Morgan fingerprint density at radius 2 is 0.567 bits per heavy atom. The van der Waals surface area contributed by atoms with Crippen LogP contribution in [0, 0.1) is 17.8 Å². The molecule has 7 aromatic rings. The summed E-state index contributed by atoms with van der Waals surface area (Å²) in [5.41, 5.74) is 14.8. The van der Waals surface area contributed by atoms with Crippen LogP contribution in [0.2, 0.25) is 0 Å². The van der Waals surface area contributed by atoms with E-state index in [0.29, 0.717) is 37.0 Å². The molecule has 0 saturated heterocycles. The van der Waals surface area contributed by atoms with E-state index in [9.17, 15) is 14.4 Å². The molecule has 10 rings (SSSR count).